The number of ether oxygens (including phenoxy) is 2. The van der Waals surface area contributed by atoms with Crippen LogP contribution >= 0.6 is 0 Å². The van der Waals surface area contributed by atoms with Crippen molar-refractivity contribution in [3.63, 3.8) is 0 Å². The number of hydrogen-bond donors (Lipinski definition) is 2. The number of aliphatic hydroxyl groups excluding tert-OH is 2. The zero-order chi connectivity index (χ0) is 25.0. The molecule has 186 valence electrons. The van der Waals surface area contributed by atoms with Crippen LogP contribution in [0.25, 0.3) is 0 Å². The van der Waals surface area contributed by atoms with Crippen LogP contribution in [0.5, 0.6) is 0 Å². The van der Waals surface area contributed by atoms with Gasteiger partial charge in [-0.1, -0.05) is 66.8 Å². The molecule has 0 radical (unpaired) electrons. The number of esters is 2. The molecule has 0 fully saturated rings. The summed E-state index contributed by atoms with van der Waals surface area (Å²) < 4.78 is 10.8. The molecular weight excluding hydrogens is 432 g/mol. The van der Waals surface area contributed by atoms with Gasteiger partial charge in [0.1, 0.15) is 6.10 Å². The highest BCUT2D eigenvalue weighted by Gasteiger charge is 2.09. The van der Waals surface area contributed by atoms with E-state index in [4.69, 9.17) is 9.47 Å². The molecular formula is C28H38O6. The smallest absolute Gasteiger partial charge is 0.331 e. The third-order valence-corrected chi connectivity index (χ3v) is 4.79. The number of carbonyl (C=O) groups is 2. The lowest BCUT2D eigenvalue weighted by molar-refractivity contribution is -0.142. The molecule has 4 atom stereocenters. The topological polar surface area (TPSA) is 93.1 Å². The van der Waals surface area contributed by atoms with Gasteiger partial charge in [0.05, 0.1) is 18.3 Å². The fraction of sp³-hybridized carbons (Fsp3) is 0.429. The Labute approximate surface area is 203 Å². The van der Waals surface area contributed by atoms with Crippen molar-refractivity contribution < 1.29 is 29.3 Å². The van der Waals surface area contributed by atoms with Crippen molar-refractivity contribution in [2.45, 2.75) is 76.8 Å². The van der Waals surface area contributed by atoms with Crippen LogP contribution in [-0.2, 0) is 19.1 Å². The number of cyclic esters (lactones) is 1. The predicted octanol–water partition coefficient (Wildman–Crippen LogP) is 4.82. The highest BCUT2D eigenvalue weighted by molar-refractivity contribution is 5.82. The van der Waals surface area contributed by atoms with Crippen LogP contribution < -0.4 is 0 Å². The largest absolute Gasteiger partial charge is 0.460 e. The average molecular weight is 471 g/mol. The quantitative estimate of drug-likeness (QED) is 0.444. The minimum absolute atomic E-state index is 0.187. The van der Waals surface area contributed by atoms with E-state index in [2.05, 4.69) is 0 Å². The molecule has 0 amide bonds. The van der Waals surface area contributed by atoms with E-state index in [-0.39, 0.29) is 12.5 Å². The number of carbonyl (C=O) groups excluding carboxylic acids is 2. The van der Waals surface area contributed by atoms with Crippen LogP contribution in [0.1, 0.15) is 52.4 Å². The average Bonchev–Trinajstić information content (AvgIpc) is 2.77. The van der Waals surface area contributed by atoms with Crippen LogP contribution in [0, 0.1) is 0 Å². The molecule has 1 heterocycles. The number of aliphatic hydroxyl groups is 2. The maximum Gasteiger partial charge on any atom is 0.331 e. The standard InChI is InChI=1S/C28H38O6/c1-3-15-27(31)34-26-19-12-7-11-18-25(30)22-24(29)17-10-6-4-5-9-16-23(2)33-28(32)21-14-8-13-20-26/h3-4,6-8,10-15,17,19,21,23-26,29-30H,5,9,16,18,20,22H2,1-2H3/b6-4+,11-7-,13-8+,15-3+,17-10+,19-12+,21-14-/t23-,24-,25-,26+/m0/s1. The van der Waals surface area contributed by atoms with Crippen LogP contribution in [-0.4, -0.2) is 46.6 Å². The molecule has 1 aliphatic heterocycles. The fourth-order valence-corrected chi connectivity index (χ4v) is 3.06. The molecule has 6 heteroatoms. The molecule has 34 heavy (non-hydrogen) atoms. The molecule has 6 nitrogen and oxygen atoms in total. The van der Waals surface area contributed by atoms with Crippen LogP contribution in [0.3, 0.4) is 0 Å². The van der Waals surface area contributed by atoms with E-state index in [1.807, 2.05) is 19.1 Å². The molecule has 0 aromatic heterocycles. The molecule has 2 N–H and O–H groups in total. The van der Waals surface area contributed by atoms with Crippen LogP contribution in [0.2, 0.25) is 0 Å². The maximum atomic E-state index is 11.9. The van der Waals surface area contributed by atoms with Gasteiger partial charge in [0, 0.05) is 25.0 Å². The van der Waals surface area contributed by atoms with E-state index in [0.29, 0.717) is 12.8 Å². The Kier molecular flexibility index (Phi) is 15.8. The first-order valence-electron chi connectivity index (χ1n) is 11.8. The normalized spacial score (nSPS) is 31.9. The van der Waals surface area contributed by atoms with Gasteiger partial charge in [-0.2, -0.15) is 0 Å². The highest BCUT2D eigenvalue weighted by Crippen LogP contribution is 2.09. The predicted molar refractivity (Wildman–Crippen MR) is 135 cm³/mol. The molecule has 0 bridgehead atoms. The summed E-state index contributed by atoms with van der Waals surface area (Å²) in [7, 11) is 0. The van der Waals surface area contributed by atoms with Gasteiger partial charge in [-0.3, -0.25) is 0 Å². The second kappa shape index (κ2) is 18.5. The fourth-order valence-electron chi connectivity index (χ4n) is 3.06. The van der Waals surface area contributed by atoms with Crippen molar-refractivity contribution in [1.29, 1.82) is 0 Å². The number of rotatable bonds is 2. The first kappa shape index (κ1) is 29.1. The van der Waals surface area contributed by atoms with Crippen molar-refractivity contribution in [1.82, 2.24) is 0 Å². The summed E-state index contributed by atoms with van der Waals surface area (Å²) in [6, 6.07) is 0. The first-order chi connectivity index (χ1) is 16.4. The van der Waals surface area contributed by atoms with E-state index in [1.54, 1.807) is 67.7 Å². The molecule has 1 rings (SSSR count). The lowest BCUT2D eigenvalue weighted by Crippen LogP contribution is -2.15. The van der Waals surface area contributed by atoms with Gasteiger partial charge in [0.2, 0.25) is 0 Å². The Morgan fingerprint density at radius 2 is 1.74 bits per heavy atom. The van der Waals surface area contributed by atoms with Gasteiger partial charge in [0.15, 0.2) is 0 Å². The van der Waals surface area contributed by atoms with E-state index < -0.39 is 30.3 Å². The monoisotopic (exact) mass is 470 g/mol. The summed E-state index contributed by atoms with van der Waals surface area (Å²) in [4.78, 5) is 23.8. The maximum absolute atomic E-state index is 11.9. The Balaban J connectivity index is 2.86. The molecule has 0 unspecified atom stereocenters. The Morgan fingerprint density at radius 1 is 1.03 bits per heavy atom. The number of hydrogen-bond acceptors (Lipinski definition) is 6. The molecule has 0 aliphatic carbocycles. The van der Waals surface area contributed by atoms with E-state index in [0.717, 1.165) is 19.3 Å². The van der Waals surface area contributed by atoms with Crippen LogP contribution in [0.4, 0.5) is 0 Å². The lowest BCUT2D eigenvalue weighted by Gasteiger charge is -2.11. The van der Waals surface area contributed by atoms with Crippen LogP contribution in [0.15, 0.2) is 85.1 Å². The molecule has 0 aromatic rings. The summed E-state index contributed by atoms with van der Waals surface area (Å²) in [6.07, 6.45) is 25.2. The third-order valence-electron chi connectivity index (χ3n) is 4.79. The zero-order valence-corrected chi connectivity index (χ0v) is 20.2. The number of allylic oxidation sites excluding steroid dienone is 8. The zero-order valence-electron chi connectivity index (χ0n) is 20.2. The van der Waals surface area contributed by atoms with Crippen molar-refractivity contribution in [3.05, 3.63) is 85.1 Å². The van der Waals surface area contributed by atoms with E-state index in [9.17, 15) is 19.8 Å². The van der Waals surface area contributed by atoms with Crippen molar-refractivity contribution in [2.75, 3.05) is 0 Å². The van der Waals surface area contributed by atoms with Gasteiger partial charge in [-0.25, -0.2) is 9.59 Å². The lowest BCUT2D eigenvalue weighted by atomic mass is 10.1. The molecule has 1 aliphatic rings. The first-order valence-corrected chi connectivity index (χ1v) is 11.8. The van der Waals surface area contributed by atoms with Gasteiger partial charge in [0.25, 0.3) is 0 Å². The van der Waals surface area contributed by atoms with Crippen molar-refractivity contribution in [3.8, 4) is 0 Å². The Morgan fingerprint density at radius 3 is 2.53 bits per heavy atom. The summed E-state index contributed by atoms with van der Waals surface area (Å²) in [6.45, 7) is 3.60. The summed E-state index contributed by atoms with van der Waals surface area (Å²) in [5.74, 6) is -0.842. The van der Waals surface area contributed by atoms with Gasteiger partial charge >= 0.3 is 11.9 Å². The molecule has 0 saturated carbocycles. The Hall–Kier alpha value is -2.96. The summed E-state index contributed by atoms with van der Waals surface area (Å²) in [5.41, 5.74) is 0. The summed E-state index contributed by atoms with van der Waals surface area (Å²) in [5, 5.41) is 20.1. The minimum atomic E-state index is -0.733. The van der Waals surface area contributed by atoms with Crippen molar-refractivity contribution >= 4 is 11.9 Å². The molecule has 0 spiro atoms. The van der Waals surface area contributed by atoms with Gasteiger partial charge < -0.3 is 19.7 Å². The second-order valence-electron chi connectivity index (χ2n) is 8.00. The second-order valence-corrected chi connectivity index (χ2v) is 8.00. The summed E-state index contributed by atoms with van der Waals surface area (Å²) >= 11 is 0. The highest BCUT2D eigenvalue weighted by atomic mass is 16.5. The minimum Gasteiger partial charge on any atom is -0.460 e. The van der Waals surface area contributed by atoms with E-state index >= 15 is 0 Å². The molecule has 0 aromatic carbocycles. The Bertz CT molecular complexity index is 800. The van der Waals surface area contributed by atoms with E-state index in [1.165, 1.54) is 12.2 Å². The SMILES string of the molecule is C/C=C/C(=O)O[C@@H]1/C=C/C=C\C[C@H](O)C[C@@H](O)/C=C/C=C/CCC[C@H](C)OC(=O)/C=C\C=C\C1. The van der Waals surface area contributed by atoms with Gasteiger partial charge in [-0.05, 0) is 45.6 Å². The third kappa shape index (κ3) is 15.8. The van der Waals surface area contributed by atoms with Gasteiger partial charge in [-0.15, -0.1) is 0 Å². The van der Waals surface area contributed by atoms with Crippen molar-refractivity contribution in [2.24, 2.45) is 0 Å². The molecule has 0 saturated heterocycles.